The van der Waals surface area contributed by atoms with Crippen molar-refractivity contribution in [2.24, 2.45) is 11.8 Å². The lowest BCUT2D eigenvalue weighted by Crippen LogP contribution is -2.22. The Labute approximate surface area is 160 Å². The van der Waals surface area contributed by atoms with E-state index in [2.05, 4.69) is 61.6 Å². The summed E-state index contributed by atoms with van der Waals surface area (Å²) in [7, 11) is 2.27. The molecule has 1 aromatic rings. The SMILES string of the molecule is C=C/C=C\C1=C(/CC)C(Cc2cccnc2)CC(C)CCN(C)CCC1. The Morgan fingerprint density at radius 3 is 2.88 bits per heavy atom. The summed E-state index contributed by atoms with van der Waals surface area (Å²) in [5.74, 6) is 1.34. The first-order chi connectivity index (χ1) is 12.6. The average molecular weight is 353 g/mol. The molecule has 0 fully saturated rings. The summed E-state index contributed by atoms with van der Waals surface area (Å²) in [5, 5.41) is 0. The third-order valence-electron chi connectivity index (χ3n) is 5.60. The van der Waals surface area contributed by atoms with Crippen LogP contribution in [0.5, 0.6) is 0 Å². The van der Waals surface area contributed by atoms with Crippen molar-refractivity contribution in [2.75, 3.05) is 20.1 Å². The highest BCUT2D eigenvalue weighted by Crippen LogP contribution is 2.32. The summed E-state index contributed by atoms with van der Waals surface area (Å²) in [4.78, 5) is 6.84. The Hall–Kier alpha value is -1.67. The predicted octanol–water partition coefficient (Wildman–Crippen LogP) is 5.83. The third-order valence-corrected chi connectivity index (χ3v) is 5.60. The van der Waals surface area contributed by atoms with Gasteiger partial charge in [0.1, 0.15) is 0 Å². The van der Waals surface area contributed by atoms with E-state index in [0.29, 0.717) is 5.92 Å². The Bertz CT molecular complexity index is 600. The molecule has 2 nitrogen and oxygen atoms in total. The van der Waals surface area contributed by atoms with Crippen LogP contribution < -0.4 is 0 Å². The van der Waals surface area contributed by atoms with Crippen molar-refractivity contribution in [3.63, 3.8) is 0 Å². The molecule has 0 saturated heterocycles. The summed E-state index contributed by atoms with van der Waals surface area (Å²) in [6, 6.07) is 4.29. The topological polar surface area (TPSA) is 16.1 Å². The van der Waals surface area contributed by atoms with E-state index < -0.39 is 0 Å². The number of aromatic nitrogens is 1. The minimum absolute atomic E-state index is 0.604. The molecule has 0 aromatic carbocycles. The summed E-state index contributed by atoms with van der Waals surface area (Å²) < 4.78 is 0. The van der Waals surface area contributed by atoms with Crippen LogP contribution in [0.25, 0.3) is 0 Å². The number of hydrogen-bond acceptors (Lipinski definition) is 2. The van der Waals surface area contributed by atoms with Crippen molar-refractivity contribution in [3.8, 4) is 0 Å². The largest absolute Gasteiger partial charge is 0.306 e. The summed E-state index contributed by atoms with van der Waals surface area (Å²) in [6.45, 7) is 11.0. The van der Waals surface area contributed by atoms with Gasteiger partial charge < -0.3 is 4.90 Å². The lowest BCUT2D eigenvalue weighted by Gasteiger charge is -2.26. The Kier molecular flexibility index (Phi) is 8.84. The van der Waals surface area contributed by atoms with Crippen molar-refractivity contribution in [1.82, 2.24) is 9.88 Å². The second-order valence-corrected chi connectivity index (χ2v) is 7.80. The van der Waals surface area contributed by atoms with Gasteiger partial charge in [0, 0.05) is 12.4 Å². The highest BCUT2D eigenvalue weighted by molar-refractivity contribution is 5.30. The van der Waals surface area contributed by atoms with E-state index in [4.69, 9.17) is 0 Å². The van der Waals surface area contributed by atoms with E-state index in [1.807, 2.05) is 18.5 Å². The van der Waals surface area contributed by atoms with E-state index in [0.717, 1.165) is 25.2 Å². The Morgan fingerprint density at radius 1 is 1.35 bits per heavy atom. The van der Waals surface area contributed by atoms with Gasteiger partial charge in [0.25, 0.3) is 0 Å². The van der Waals surface area contributed by atoms with Gasteiger partial charge in [-0.2, -0.15) is 0 Å². The minimum atomic E-state index is 0.604. The van der Waals surface area contributed by atoms with Crippen LogP contribution in [-0.2, 0) is 6.42 Å². The molecule has 142 valence electrons. The molecular weight excluding hydrogens is 316 g/mol. The Morgan fingerprint density at radius 2 is 2.19 bits per heavy atom. The number of allylic oxidation sites excluding steroid dienone is 5. The number of rotatable bonds is 5. The van der Waals surface area contributed by atoms with Crippen LogP contribution in [0.2, 0.25) is 0 Å². The maximum absolute atomic E-state index is 4.34. The zero-order valence-electron chi connectivity index (χ0n) is 17.0. The molecule has 0 bridgehead atoms. The molecule has 2 unspecified atom stereocenters. The van der Waals surface area contributed by atoms with Gasteiger partial charge in [0.15, 0.2) is 0 Å². The molecule has 0 N–H and O–H groups in total. The molecule has 1 aromatic heterocycles. The number of hydrogen-bond donors (Lipinski definition) is 0. The van der Waals surface area contributed by atoms with E-state index in [-0.39, 0.29) is 0 Å². The van der Waals surface area contributed by atoms with Gasteiger partial charge in [-0.25, -0.2) is 0 Å². The fraction of sp³-hybridized carbons (Fsp3) is 0.542. The Balaban J connectivity index is 2.36. The molecule has 0 radical (unpaired) electrons. The monoisotopic (exact) mass is 352 g/mol. The van der Waals surface area contributed by atoms with Crippen LogP contribution in [0.15, 0.2) is 60.5 Å². The summed E-state index contributed by atoms with van der Waals surface area (Å²) >= 11 is 0. The molecule has 26 heavy (non-hydrogen) atoms. The second-order valence-electron chi connectivity index (χ2n) is 7.80. The van der Waals surface area contributed by atoms with Crippen LogP contribution in [0, 0.1) is 11.8 Å². The normalized spacial score (nSPS) is 26.6. The van der Waals surface area contributed by atoms with Gasteiger partial charge in [-0.05, 0) is 87.7 Å². The van der Waals surface area contributed by atoms with Crippen LogP contribution in [0.4, 0.5) is 0 Å². The van der Waals surface area contributed by atoms with E-state index in [9.17, 15) is 0 Å². The molecule has 2 heteroatoms. The van der Waals surface area contributed by atoms with Crippen molar-refractivity contribution < 1.29 is 0 Å². The second kappa shape index (κ2) is 11.1. The zero-order valence-corrected chi connectivity index (χ0v) is 17.0. The van der Waals surface area contributed by atoms with Crippen molar-refractivity contribution in [1.29, 1.82) is 0 Å². The van der Waals surface area contributed by atoms with E-state index in [1.54, 1.807) is 5.57 Å². The molecule has 0 saturated carbocycles. The minimum Gasteiger partial charge on any atom is -0.306 e. The average Bonchev–Trinajstić information content (AvgIpc) is 2.66. The van der Waals surface area contributed by atoms with Crippen LogP contribution in [-0.4, -0.2) is 30.0 Å². The first-order valence-corrected chi connectivity index (χ1v) is 10.2. The van der Waals surface area contributed by atoms with Crippen LogP contribution >= 0.6 is 0 Å². The van der Waals surface area contributed by atoms with Gasteiger partial charge in [0.2, 0.25) is 0 Å². The van der Waals surface area contributed by atoms with Crippen molar-refractivity contribution in [3.05, 3.63) is 66.0 Å². The van der Waals surface area contributed by atoms with Crippen LogP contribution in [0.3, 0.4) is 0 Å². The van der Waals surface area contributed by atoms with E-state index >= 15 is 0 Å². The number of pyridine rings is 1. The molecule has 1 aliphatic rings. The molecule has 2 heterocycles. The molecule has 0 aliphatic carbocycles. The quantitative estimate of drug-likeness (QED) is 0.620. The van der Waals surface area contributed by atoms with Crippen LogP contribution in [0.1, 0.15) is 51.5 Å². The molecule has 2 atom stereocenters. The van der Waals surface area contributed by atoms with Gasteiger partial charge in [-0.1, -0.05) is 50.3 Å². The summed E-state index contributed by atoms with van der Waals surface area (Å²) in [6.07, 6.45) is 17.4. The zero-order chi connectivity index (χ0) is 18.8. The summed E-state index contributed by atoms with van der Waals surface area (Å²) in [5.41, 5.74) is 4.53. The smallest absolute Gasteiger partial charge is 0.0300 e. The molecule has 2 rings (SSSR count). The van der Waals surface area contributed by atoms with Gasteiger partial charge in [0.05, 0.1) is 0 Å². The molecule has 1 aliphatic heterocycles. The highest BCUT2D eigenvalue weighted by Gasteiger charge is 2.21. The fourth-order valence-electron chi connectivity index (χ4n) is 4.16. The lowest BCUT2D eigenvalue weighted by atomic mass is 9.80. The lowest BCUT2D eigenvalue weighted by molar-refractivity contribution is 0.290. The first-order valence-electron chi connectivity index (χ1n) is 10.2. The number of nitrogens with zero attached hydrogens (tertiary/aromatic N) is 2. The predicted molar refractivity (Wildman–Crippen MR) is 113 cm³/mol. The van der Waals surface area contributed by atoms with Gasteiger partial charge >= 0.3 is 0 Å². The maximum Gasteiger partial charge on any atom is 0.0300 e. The standard InChI is InChI=1S/C24H36N2/c1-5-7-11-22-12-9-15-26(4)16-13-20(3)17-23(24(22)6-2)18-21-10-8-14-25-19-21/h5,7-8,10-11,14,19-20,23H,1,6,9,12-13,15-18H2,2-4H3/b11-7-,24-22-. The fourth-order valence-corrected chi connectivity index (χ4v) is 4.16. The molecule has 0 amide bonds. The van der Waals surface area contributed by atoms with Crippen molar-refractivity contribution >= 4 is 0 Å². The van der Waals surface area contributed by atoms with E-state index in [1.165, 1.54) is 43.5 Å². The molecule has 0 spiro atoms. The third kappa shape index (κ3) is 6.57. The highest BCUT2D eigenvalue weighted by atomic mass is 15.1. The molecular formula is C24H36N2. The first kappa shape index (κ1) is 20.6. The maximum atomic E-state index is 4.34. The van der Waals surface area contributed by atoms with Crippen molar-refractivity contribution in [2.45, 2.75) is 52.4 Å². The van der Waals surface area contributed by atoms with Gasteiger partial charge in [-0.15, -0.1) is 0 Å². The van der Waals surface area contributed by atoms with Gasteiger partial charge in [-0.3, -0.25) is 4.98 Å².